The quantitative estimate of drug-likeness (QED) is 0.108. The van der Waals surface area contributed by atoms with E-state index in [0.29, 0.717) is 32.1 Å². The zero-order valence-corrected chi connectivity index (χ0v) is 34.4. The van der Waals surface area contributed by atoms with E-state index in [9.17, 15) is 24.0 Å². The molecule has 2 aromatic rings. The lowest BCUT2D eigenvalue weighted by atomic mass is 9.91. The van der Waals surface area contributed by atoms with Gasteiger partial charge >= 0.3 is 0 Å². The summed E-state index contributed by atoms with van der Waals surface area (Å²) in [6, 6.07) is 15.8. The van der Waals surface area contributed by atoms with Crippen molar-refractivity contribution < 1.29 is 28.7 Å². The number of carbonyl (C=O) groups excluding carboxylic acids is 5. The molecule has 2 aliphatic rings. The SMILES string of the molecule is CC(C)C[C@H](NC(=O)[C@H](CCc1ccccc1)NC(=O)CCCCCN1CCOCC1)C(=O)N[C@@H](Cc1ccccc1)C(=O)N[C@@H](CC(C)C)C(=O)C1(C)CC1. The van der Waals surface area contributed by atoms with Crippen molar-refractivity contribution >= 4 is 29.4 Å². The Morgan fingerprint density at radius 2 is 1.20 bits per heavy atom. The van der Waals surface area contributed by atoms with Crippen LogP contribution < -0.4 is 21.3 Å². The summed E-state index contributed by atoms with van der Waals surface area (Å²) in [4.78, 5) is 71.3. The van der Waals surface area contributed by atoms with Crippen molar-refractivity contribution in [2.24, 2.45) is 17.3 Å². The first-order valence-electron chi connectivity index (χ1n) is 21.0. The first-order chi connectivity index (χ1) is 26.8. The highest BCUT2D eigenvalue weighted by Gasteiger charge is 2.48. The number of unbranched alkanes of at least 4 members (excludes halogenated alkanes) is 2. The van der Waals surface area contributed by atoms with Gasteiger partial charge in [-0.25, -0.2) is 0 Å². The Balaban J connectivity index is 1.45. The van der Waals surface area contributed by atoms with E-state index in [1.165, 1.54) is 0 Å². The molecule has 2 fully saturated rings. The molecule has 0 spiro atoms. The van der Waals surface area contributed by atoms with E-state index in [1.54, 1.807) is 0 Å². The smallest absolute Gasteiger partial charge is 0.243 e. The third kappa shape index (κ3) is 15.4. The number of nitrogens with zero attached hydrogens (tertiary/aromatic N) is 1. The number of amides is 4. The predicted molar refractivity (Wildman–Crippen MR) is 220 cm³/mol. The molecule has 11 heteroatoms. The van der Waals surface area contributed by atoms with Gasteiger partial charge in [-0.2, -0.15) is 0 Å². The number of carbonyl (C=O) groups is 5. The summed E-state index contributed by atoms with van der Waals surface area (Å²) >= 11 is 0. The number of nitrogens with one attached hydrogen (secondary N) is 4. The van der Waals surface area contributed by atoms with Gasteiger partial charge in [-0.1, -0.05) is 102 Å². The van der Waals surface area contributed by atoms with E-state index >= 15 is 0 Å². The molecule has 308 valence electrons. The number of aryl methyl sites for hydroxylation is 1. The van der Waals surface area contributed by atoms with Crippen LogP contribution in [0.15, 0.2) is 60.7 Å². The number of benzene rings is 2. The Morgan fingerprint density at radius 3 is 1.80 bits per heavy atom. The van der Waals surface area contributed by atoms with Crippen LogP contribution in [0.25, 0.3) is 0 Å². The van der Waals surface area contributed by atoms with E-state index in [4.69, 9.17) is 4.74 Å². The van der Waals surface area contributed by atoms with Crippen LogP contribution in [0.5, 0.6) is 0 Å². The van der Waals surface area contributed by atoms with E-state index in [2.05, 4.69) is 26.2 Å². The largest absolute Gasteiger partial charge is 0.379 e. The highest BCUT2D eigenvalue weighted by Crippen LogP contribution is 2.47. The van der Waals surface area contributed by atoms with Crippen LogP contribution in [0, 0.1) is 17.3 Å². The maximum Gasteiger partial charge on any atom is 0.243 e. The Morgan fingerprint density at radius 1 is 0.661 bits per heavy atom. The van der Waals surface area contributed by atoms with E-state index in [-0.39, 0.29) is 29.9 Å². The molecule has 4 amide bonds. The lowest BCUT2D eigenvalue weighted by molar-refractivity contribution is -0.135. The number of ether oxygens (including phenoxy) is 1. The summed E-state index contributed by atoms with van der Waals surface area (Å²) in [5.41, 5.74) is 1.47. The van der Waals surface area contributed by atoms with Crippen molar-refractivity contribution in [3.05, 3.63) is 71.8 Å². The van der Waals surface area contributed by atoms with Crippen molar-refractivity contribution in [2.75, 3.05) is 32.8 Å². The van der Waals surface area contributed by atoms with Gasteiger partial charge < -0.3 is 26.0 Å². The van der Waals surface area contributed by atoms with E-state index in [0.717, 1.165) is 76.1 Å². The van der Waals surface area contributed by atoms with Crippen LogP contribution in [-0.4, -0.2) is 91.3 Å². The van der Waals surface area contributed by atoms with Crippen molar-refractivity contribution in [1.82, 2.24) is 26.2 Å². The van der Waals surface area contributed by atoms with Crippen LogP contribution in [-0.2, 0) is 41.6 Å². The second kappa shape index (κ2) is 22.6. The van der Waals surface area contributed by atoms with Gasteiger partial charge in [-0.3, -0.25) is 28.9 Å². The highest BCUT2D eigenvalue weighted by molar-refractivity contribution is 5.97. The minimum Gasteiger partial charge on any atom is -0.379 e. The van der Waals surface area contributed by atoms with Gasteiger partial charge in [0.25, 0.3) is 0 Å². The third-order valence-corrected chi connectivity index (χ3v) is 10.9. The topological polar surface area (TPSA) is 146 Å². The summed E-state index contributed by atoms with van der Waals surface area (Å²) < 4.78 is 5.43. The Bertz CT molecular complexity index is 1540. The molecule has 0 bridgehead atoms. The average Bonchev–Trinajstić information content (AvgIpc) is 3.94. The Labute approximate surface area is 334 Å². The highest BCUT2D eigenvalue weighted by atomic mass is 16.5. The number of ketones is 1. The fourth-order valence-electron chi connectivity index (χ4n) is 7.25. The normalized spacial score (nSPS) is 17.3. The molecule has 1 heterocycles. The number of hydrogen-bond acceptors (Lipinski definition) is 7. The molecule has 1 aliphatic carbocycles. The molecule has 0 aromatic heterocycles. The maximum absolute atomic E-state index is 14.2. The van der Waals surface area contributed by atoms with Gasteiger partial charge in [-0.05, 0) is 80.9 Å². The summed E-state index contributed by atoms with van der Waals surface area (Å²) in [6.45, 7) is 14.3. The van der Waals surface area contributed by atoms with Gasteiger partial charge in [0.2, 0.25) is 23.6 Å². The summed E-state index contributed by atoms with van der Waals surface area (Å²) in [7, 11) is 0. The molecular formula is C45H67N5O6. The fraction of sp³-hybridized carbons (Fsp3) is 0.622. The van der Waals surface area contributed by atoms with Crippen LogP contribution >= 0.6 is 0 Å². The van der Waals surface area contributed by atoms with Crippen molar-refractivity contribution in [2.45, 2.75) is 129 Å². The molecule has 4 atom stereocenters. The molecule has 4 N–H and O–H groups in total. The van der Waals surface area contributed by atoms with Gasteiger partial charge in [0, 0.05) is 31.3 Å². The Kier molecular flexibility index (Phi) is 18.0. The molecular weight excluding hydrogens is 707 g/mol. The summed E-state index contributed by atoms with van der Waals surface area (Å²) in [5.74, 6) is -1.31. The average molecular weight is 774 g/mol. The van der Waals surface area contributed by atoms with Crippen LogP contribution in [0.1, 0.15) is 104 Å². The molecule has 2 aromatic carbocycles. The van der Waals surface area contributed by atoms with Crippen molar-refractivity contribution in [3.8, 4) is 0 Å². The maximum atomic E-state index is 14.2. The van der Waals surface area contributed by atoms with Crippen LogP contribution in [0.2, 0.25) is 0 Å². The first kappa shape index (κ1) is 44.6. The zero-order valence-electron chi connectivity index (χ0n) is 34.4. The third-order valence-electron chi connectivity index (χ3n) is 10.9. The number of morpholine rings is 1. The minimum absolute atomic E-state index is 0.0332. The molecule has 0 radical (unpaired) electrons. The van der Waals surface area contributed by atoms with Crippen LogP contribution in [0.4, 0.5) is 0 Å². The molecule has 4 rings (SSSR count). The van der Waals surface area contributed by atoms with E-state index < -0.39 is 47.3 Å². The second-order valence-corrected chi connectivity index (χ2v) is 17.0. The number of rotatable bonds is 24. The second-order valence-electron chi connectivity index (χ2n) is 17.0. The number of hydrogen-bond donors (Lipinski definition) is 4. The van der Waals surface area contributed by atoms with E-state index in [1.807, 2.05) is 95.3 Å². The fourth-order valence-corrected chi connectivity index (χ4v) is 7.25. The molecule has 1 aliphatic heterocycles. The lowest BCUT2D eigenvalue weighted by Crippen LogP contribution is -2.58. The predicted octanol–water partition coefficient (Wildman–Crippen LogP) is 5.16. The molecule has 0 unspecified atom stereocenters. The first-order valence-corrected chi connectivity index (χ1v) is 21.0. The molecule has 11 nitrogen and oxygen atoms in total. The molecule has 1 saturated heterocycles. The minimum atomic E-state index is -0.984. The van der Waals surface area contributed by atoms with Crippen LogP contribution in [0.3, 0.4) is 0 Å². The van der Waals surface area contributed by atoms with Gasteiger partial charge in [0.15, 0.2) is 5.78 Å². The zero-order chi connectivity index (χ0) is 40.5. The summed E-state index contributed by atoms with van der Waals surface area (Å²) in [6.07, 6.45) is 6.50. The summed E-state index contributed by atoms with van der Waals surface area (Å²) in [5, 5.41) is 11.9. The monoisotopic (exact) mass is 774 g/mol. The number of Topliss-reactive ketones (excluding diaryl/α,β-unsaturated/α-hetero) is 1. The van der Waals surface area contributed by atoms with Crippen molar-refractivity contribution in [3.63, 3.8) is 0 Å². The Hall–Kier alpha value is -4.09. The molecule has 1 saturated carbocycles. The van der Waals surface area contributed by atoms with Gasteiger partial charge in [-0.15, -0.1) is 0 Å². The standard InChI is InChI=1S/C45H67N5O6/c1-32(2)29-37(41(52)45(5)22-23-45)47-44(55)39(31-35-17-11-7-12-18-35)49-43(54)38(30-33(3)4)48-42(53)36(21-20-34-15-9-6-10-16-34)46-40(51)19-13-8-14-24-50-25-27-56-28-26-50/h6-7,9-12,15-18,32-33,36-39H,8,13-14,19-31H2,1-5H3,(H,46,51)(H,47,55)(H,48,53)(H,49,54)/t36-,37-,38-,39-/m0/s1. The van der Waals surface area contributed by atoms with Gasteiger partial charge in [0.1, 0.15) is 18.1 Å². The lowest BCUT2D eigenvalue weighted by Gasteiger charge is -2.28. The molecule has 56 heavy (non-hydrogen) atoms. The van der Waals surface area contributed by atoms with Crippen molar-refractivity contribution in [1.29, 1.82) is 0 Å². The van der Waals surface area contributed by atoms with Gasteiger partial charge in [0.05, 0.1) is 19.3 Å².